The van der Waals surface area contributed by atoms with Crippen molar-refractivity contribution in [1.82, 2.24) is 4.90 Å². The van der Waals surface area contributed by atoms with Gasteiger partial charge in [-0.15, -0.1) is 0 Å². The van der Waals surface area contributed by atoms with Gasteiger partial charge in [0.15, 0.2) is 0 Å². The van der Waals surface area contributed by atoms with Gasteiger partial charge >= 0.3 is 6.09 Å². The third-order valence-electron chi connectivity index (χ3n) is 2.56. The van der Waals surface area contributed by atoms with Gasteiger partial charge in [0.05, 0.1) is 13.1 Å². The van der Waals surface area contributed by atoms with Gasteiger partial charge in [-0.25, -0.2) is 4.79 Å². The molecule has 2 N–H and O–H groups in total. The highest BCUT2D eigenvalue weighted by atomic mass is 127. The van der Waals surface area contributed by atoms with Crippen molar-refractivity contribution >= 4 is 28.7 Å². The van der Waals surface area contributed by atoms with Crippen LogP contribution in [0, 0.1) is 3.57 Å². The SMILES string of the molecule is O=C(O)N1CC(O)(c2ccc(I)cc2)C1. The van der Waals surface area contributed by atoms with Crippen molar-refractivity contribution in [3.05, 3.63) is 33.4 Å². The summed E-state index contributed by atoms with van der Waals surface area (Å²) in [5, 5.41) is 18.8. The van der Waals surface area contributed by atoms with E-state index in [4.69, 9.17) is 5.11 Å². The van der Waals surface area contributed by atoms with E-state index in [1.165, 1.54) is 4.90 Å². The lowest BCUT2D eigenvalue weighted by molar-refractivity contribution is -0.0898. The number of amides is 1. The summed E-state index contributed by atoms with van der Waals surface area (Å²) < 4.78 is 1.09. The molecule has 5 heteroatoms. The third-order valence-corrected chi connectivity index (χ3v) is 3.28. The van der Waals surface area contributed by atoms with Crippen molar-refractivity contribution < 1.29 is 15.0 Å². The lowest BCUT2D eigenvalue weighted by atomic mass is 9.86. The van der Waals surface area contributed by atoms with E-state index in [1.807, 2.05) is 24.3 Å². The van der Waals surface area contributed by atoms with E-state index in [-0.39, 0.29) is 13.1 Å². The Morgan fingerprint density at radius 2 is 1.87 bits per heavy atom. The molecule has 0 radical (unpaired) electrons. The molecule has 0 unspecified atom stereocenters. The minimum atomic E-state index is -0.997. The Kier molecular flexibility index (Phi) is 2.59. The molecule has 1 aliphatic heterocycles. The van der Waals surface area contributed by atoms with Gasteiger partial charge in [0.25, 0.3) is 0 Å². The summed E-state index contributed by atoms with van der Waals surface area (Å²) in [6, 6.07) is 7.47. The van der Waals surface area contributed by atoms with E-state index in [0.717, 1.165) is 9.13 Å². The summed E-state index contributed by atoms with van der Waals surface area (Å²) in [6.07, 6.45) is -0.981. The van der Waals surface area contributed by atoms with Crippen molar-refractivity contribution in [3.8, 4) is 0 Å². The molecule has 2 rings (SSSR count). The van der Waals surface area contributed by atoms with Gasteiger partial charge in [0.2, 0.25) is 0 Å². The number of rotatable bonds is 1. The fraction of sp³-hybridized carbons (Fsp3) is 0.300. The maximum absolute atomic E-state index is 10.6. The summed E-state index contributed by atoms with van der Waals surface area (Å²) in [4.78, 5) is 11.8. The molecule has 0 aliphatic carbocycles. The quantitative estimate of drug-likeness (QED) is 0.771. The van der Waals surface area contributed by atoms with E-state index in [9.17, 15) is 9.90 Å². The first-order valence-corrected chi connectivity index (χ1v) is 5.55. The first-order valence-electron chi connectivity index (χ1n) is 4.47. The maximum atomic E-state index is 10.6. The zero-order valence-electron chi connectivity index (χ0n) is 7.85. The summed E-state index contributed by atoms with van der Waals surface area (Å²) >= 11 is 2.18. The predicted molar refractivity (Wildman–Crippen MR) is 62.7 cm³/mol. The van der Waals surface area contributed by atoms with Gasteiger partial charge in [0.1, 0.15) is 5.60 Å². The van der Waals surface area contributed by atoms with Crippen LogP contribution in [0.5, 0.6) is 0 Å². The molecular weight excluding hydrogens is 309 g/mol. The van der Waals surface area contributed by atoms with Crippen LogP contribution in [0.15, 0.2) is 24.3 Å². The Hall–Kier alpha value is -0.820. The minimum absolute atomic E-state index is 0.156. The maximum Gasteiger partial charge on any atom is 0.407 e. The molecule has 0 aromatic heterocycles. The first kappa shape index (κ1) is 10.7. The third kappa shape index (κ3) is 1.93. The van der Waals surface area contributed by atoms with Crippen molar-refractivity contribution in [2.45, 2.75) is 5.60 Å². The standard InChI is InChI=1S/C10H10INO3/c11-8-3-1-7(2-4-8)10(15)5-12(6-10)9(13)14/h1-4,15H,5-6H2,(H,13,14). The molecule has 1 amide bonds. The van der Waals surface area contributed by atoms with Gasteiger partial charge in [0, 0.05) is 3.57 Å². The average Bonchev–Trinajstić information content (AvgIpc) is 2.13. The molecule has 1 heterocycles. The monoisotopic (exact) mass is 319 g/mol. The topological polar surface area (TPSA) is 60.8 Å². The van der Waals surface area contributed by atoms with Crippen LogP contribution in [0.2, 0.25) is 0 Å². The minimum Gasteiger partial charge on any atom is -0.465 e. The van der Waals surface area contributed by atoms with Crippen LogP contribution in [0.25, 0.3) is 0 Å². The zero-order chi connectivity index (χ0) is 11.1. The number of nitrogens with zero attached hydrogens (tertiary/aromatic N) is 1. The molecule has 1 fully saturated rings. The van der Waals surface area contributed by atoms with E-state index < -0.39 is 11.7 Å². The number of benzene rings is 1. The van der Waals surface area contributed by atoms with Crippen LogP contribution in [0.1, 0.15) is 5.56 Å². The molecule has 80 valence electrons. The first-order chi connectivity index (χ1) is 7.01. The van der Waals surface area contributed by atoms with Crippen LogP contribution < -0.4 is 0 Å². The van der Waals surface area contributed by atoms with Gasteiger partial charge < -0.3 is 15.1 Å². The molecule has 15 heavy (non-hydrogen) atoms. The number of β-amino-alcohol motifs (C(OH)–C–C–N with tert-alkyl or cyclic N) is 1. The van der Waals surface area contributed by atoms with Crippen molar-refractivity contribution in [2.75, 3.05) is 13.1 Å². The Labute approximate surface area is 101 Å². The van der Waals surface area contributed by atoms with E-state index in [1.54, 1.807) is 0 Å². The molecule has 1 aromatic rings. The van der Waals surface area contributed by atoms with Crippen molar-refractivity contribution in [2.24, 2.45) is 0 Å². The van der Waals surface area contributed by atoms with Gasteiger partial charge in [-0.1, -0.05) is 12.1 Å². The number of carbonyl (C=O) groups is 1. The number of hydrogen-bond donors (Lipinski definition) is 2. The van der Waals surface area contributed by atoms with E-state index in [2.05, 4.69) is 22.6 Å². The van der Waals surface area contributed by atoms with Gasteiger partial charge in [-0.05, 0) is 40.3 Å². The van der Waals surface area contributed by atoms with Crippen LogP contribution in [0.4, 0.5) is 4.79 Å². The molecule has 0 saturated carbocycles. The molecule has 0 bridgehead atoms. The summed E-state index contributed by atoms with van der Waals surface area (Å²) in [5.41, 5.74) is -0.219. The second kappa shape index (κ2) is 3.64. The highest BCUT2D eigenvalue weighted by molar-refractivity contribution is 14.1. The number of halogens is 1. The Balaban J connectivity index is 2.13. The second-order valence-electron chi connectivity index (χ2n) is 3.68. The molecule has 1 aliphatic rings. The fourth-order valence-corrected chi connectivity index (χ4v) is 2.02. The van der Waals surface area contributed by atoms with Gasteiger partial charge in [-0.3, -0.25) is 0 Å². The molecule has 0 spiro atoms. The number of hydrogen-bond acceptors (Lipinski definition) is 2. The normalized spacial score (nSPS) is 18.4. The second-order valence-corrected chi connectivity index (χ2v) is 4.92. The molecule has 1 aromatic carbocycles. The number of aliphatic hydroxyl groups is 1. The Morgan fingerprint density at radius 1 is 1.33 bits per heavy atom. The van der Waals surface area contributed by atoms with Crippen LogP contribution in [0.3, 0.4) is 0 Å². The fourth-order valence-electron chi connectivity index (χ4n) is 1.66. The number of likely N-dealkylation sites (tertiary alicyclic amines) is 1. The largest absolute Gasteiger partial charge is 0.465 e. The average molecular weight is 319 g/mol. The van der Waals surface area contributed by atoms with Gasteiger partial charge in [-0.2, -0.15) is 0 Å². The van der Waals surface area contributed by atoms with E-state index >= 15 is 0 Å². The molecule has 4 nitrogen and oxygen atoms in total. The highest BCUT2D eigenvalue weighted by Gasteiger charge is 2.44. The zero-order valence-corrected chi connectivity index (χ0v) is 10.0. The van der Waals surface area contributed by atoms with Crippen molar-refractivity contribution in [3.63, 3.8) is 0 Å². The molecular formula is C10H10INO3. The highest BCUT2D eigenvalue weighted by Crippen LogP contribution is 2.31. The predicted octanol–water partition coefficient (Wildman–Crippen LogP) is 1.47. The number of carboxylic acid groups (broad SMARTS) is 1. The van der Waals surface area contributed by atoms with E-state index in [0.29, 0.717) is 0 Å². The molecule has 1 saturated heterocycles. The van der Waals surface area contributed by atoms with Crippen LogP contribution in [-0.2, 0) is 5.60 Å². The Bertz CT molecular complexity index is 384. The van der Waals surface area contributed by atoms with Crippen LogP contribution >= 0.6 is 22.6 Å². The Morgan fingerprint density at radius 3 is 2.33 bits per heavy atom. The summed E-state index contributed by atoms with van der Waals surface area (Å²) in [6.45, 7) is 0.311. The smallest absolute Gasteiger partial charge is 0.407 e. The van der Waals surface area contributed by atoms with Crippen LogP contribution in [-0.4, -0.2) is 34.3 Å². The van der Waals surface area contributed by atoms with Crippen molar-refractivity contribution in [1.29, 1.82) is 0 Å². The summed E-state index contributed by atoms with van der Waals surface area (Å²) in [7, 11) is 0. The lowest BCUT2D eigenvalue weighted by Gasteiger charge is -2.45. The summed E-state index contributed by atoms with van der Waals surface area (Å²) in [5.74, 6) is 0. The lowest BCUT2D eigenvalue weighted by Crippen LogP contribution is -2.60. The molecule has 0 atom stereocenters.